The normalized spacial score (nSPS) is 19.8. The second-order valence-electron chi connectivity index (χ2n) is 8.63. The van der Waals surface area contributed by atoms with Crippen molar-refractivity contribution in [1.82, 2.24) is 19.9 Å². The van der Waals surface area contributed by atoms with Gasteiger partial charge >= 0.3 is 6.18 Å². The van der Waals surface area contributed by atoms with Gasteiger partial charge in [-0.3, -0.25) is 4.79 Å². The number of aryl methyl sites for hydroxylation is 1. The van der Waals surface area contributed by atoms with Crippen LogP contribution in [0.1, 0.15) is 34.4 Å². The lowest BCUT2D eigenvalue weighted by molar-refractivity contribution is -0.138. The van der Waals surface area contributed by atoms with Crippen molar-refractivity contribution >= 4 is 23.2 Å². The van der Waals surface area contributed by atoms with Crippen molar-refractivity contribution in [1.29, 1.82) is 0 Å². The highest BCUT2D eigenvalue weighted by Gasteiger charge is 2.47. The van der Waals surface area contributed by atoms with Crippen LogP contribution in [0.25, 0.3) is 10.4 Å². The SMILES string of the molecule is Cc1nc(C(=O)N2CC(F)(F)CC(C)C2CNc2ncc(C(F)(F)F)cn2)c(-c2ccc(F)cc2)s1. The summed E-state index contributed by atoms with van der Waals surface area (Å²) in [6.45, 7) is 2.32. The standard InChI is InChI=1S/C23H21F6N5OS/c1-12-7-22(25,26)11-34(17(12)10-32-21-30-8-15(9-31-21)23(27,28)29)20(35)18-19(36-13(2)33-18)14-3-5-16(24)6-4-14/h3-6,8-9,12,17H,7,10-11H2,1-2H3,(H,30,31,32). The summed E-state index contributed by atoms with van der Waals surface area (Å²) in [4.78, 5) is 26.6. The number of hydrogen-bond acceptors (Lipinski definition) is 6. The maximum atomic E-state index is 14.5. The van der Waals surface area contributed by atoms with Crippen molar-refractivity contribution in [2.24, 2.45) is 5.92 Å². The predicted molar refractivity (Wildman–Crippen MR) is 121 cm³/mol. The molecule has 192 valence electrons. The average molecular weight is 530 g/mol. The van der Waals surface area contributed by atoms with Crippen LogP contribution in [0.3, 0.4) is 0 Å². The molecule has 1 aromatic carbocycles. The Balaban J connectivity index is 1.60. The fraction of sp³-hybridized carbons (Fsp3) is 0.391. The molecule has 1 amide bonds. The van der Waals surface area contributed by atoms with Crippen LogP contribution in [0.2, 0.25) is 0 Å². The smallest absolute Gasteiger partial charge is 0.352 e. The monoisotopic (exact) mass is 529 g/mol. The van der Waals surface area contributed by atoms with Crippen LogP contribution in [-0.2, 0) is 6.18 Å². The Morgan fingerprint density at radius 3 is 2.44 bits per heavy atom. The van der Waals surface area contributed by atoms with Gasteiger partial charge in [-0.25, -0.2) is 28.1 Å². The highest BCUT2D eigenvalue weighted by Crippen LogP contribution is 2.37. The first-order chi connectivity index (χ1) is 16.8. The molecule has 36 heavy (non-hydrogen) atoms. The zero-order valence-electron chi connectivity index (χ0n) is 19.1. The van der Waals surface area contributed by atoms with Gasteiger partial charge in [-0.2, -0.15) is 13.2 Å². The van der Waals surface area contributed by atoms with Crippen LogP contribution in [0, 0.1) is 18.7 Å². The van der Waals surface area contributed by atoms with E-state index in [0.717, 1.165) is 4.90 Å². The highest BCUT2D eigenvalue weighted by atomic mass is 32.1. The summed E-state index contributed by atoms with van der Waals surface area (Å²) in [6.07, 6.45) is -3.84. The Kier molecular flexibility index (Phi) is 6.95. The lowest BCUT2D eigenvalue weighted by Gasteiger charge is -2.43. The molecule has 3 heterocycles. The summed E-state index contributed by atoms with van der Waals surface area (Å²) in [7, 11) is 0. The molecule has 1 N–H and O–H groups in total. The number of benzene rings is 1. The van der Waals surface area contributed by atoms with Gasteiger partial charge in [0.25, 0.3) is 11.8 Å². The van der Waals surface area contributed by atoms with Gasteiger partial charge in [0.05, 0.1) is 28.0 Å². The molecule has 1 saturated heterocycles. The van der Waals surface area contributed by atoms with Crippen molar-refractivity contribution in [3.8, 4) is 10.4 Å². The Labute approximate surface area is 206 Å². The third-order valence-electron chi connectivity index (χ3n) is 5.83. The number of piperidine rings is 1. The van der Waals surface area contributed by atoms with E-state index in [1.54, 1.807) is 13.8 Å². The molecule has 0 spiro atoms. The van der Waals surface area contributed by atoms with Gasteiger partial charge in [0, 0.05) is 25.4 Å². The topological polar surface area (TPSA) is 71.0 Å². The lowest BCUT2D eigenvalue weighted by atomic mass is 9.88. The number of likely N-dealkylation sites (tertiary alicyclic amines) is 1. The highest BCUT2D eigenvalue weighted by molar-refractivity contribution is 7.15. The lowest BCUT2D eigenvalue weighted by Crippen LogP contribution is -2.57. The van der Waals surface area contributed by atoms with Crippen molar-refractivity contribution in [2.75, 3.05) is 18.4 Å². The number of thiazole rings is 1. The minimum atomic E-state index is -4.60. The Bertz CT molecular complexity index is 1230. The van der Waals surface area contributed by atoms with E-state index in [2.05, 4.69) is 20.3 Å². The molecule has 1 fully saturated rings. The number of hydrogen-bond donors (Lipinski definition) is 1. The summed E-state index contributed by atoms with van der Waals surface area (Å²) < 4.78 is 80.8. The number of carbonyl (C=O) groups excluding carboxylic acids is 1. The van der Waals surface area contributed by atoms with E-state index in [1.807, 2.05) is 0 Å². The van der Waals surface area contributed by atoms with Gasteiger partial charge in [0.2, 0.25) is 5.95 Å². The van der Waals surface area contributed by atoms with Crippen LogP contribution in [0.5, 0.6) is 0 Å². The van der Waals surface area contributed by atoms with Gasteiger partial charge in [-0.1, -0.05) is 19.1 Å². The molecule has 3 aromatic rings. The molecule has 1 aliphatic heterocycles. The van der Waals surface area contributed by atoms with Crippen molar-refractivity contribution < 1.29 is 31.1 Å². The number of nitrogens with one attached hydrogen (secondary N) is 1. The van der Waals surface area contributed by atoms with Gasteiger partial charge in [-0.05, 0) is 30.5 Å². The molecule has 0 bridgehead atoms. The summed E-state index contributed by atoms with van der Waals surface area (Å²) in [6, 6.07) is 4.67. The molecule has 0 aliphatic carbocycles. The first-order valence-electron chi connectivity index (χ1n) is 10.9. The number of alkyl halides is 5. The van der Waals surface area contributed by atoms with Crippen molar-refractivity contribution in [3.63, 3.8) is 0 Å². The molecular weight excluding hydrogens is 508 g/mol. The summed E-state index contributed by atoms with van der Waals surface area (Å²) in [5, 5.41) is 3.29. The Morgan fingerprint density at radius 2 is 1.83 bits per heavy atom. The van der Waals surface area contributed by atoms with E-state index >= 15 is 0 Å². The van der Waals surface area contributed by atoms with Crippen molar-refractivity contribution in [3.05, 3.63) is 58.7 Å². The fourth-order valence-corrected chi connectivity index (χ4v) is 5.06. The van der Waals surface area contributed by atoms with E-state index in [9.17, 15) is 31.1 Å². The first-order valence-corrected chi connectivity index (χ1v) is 11.7. The number of carbonyl (C=O) groups is 1. The van der Waals surface area contributed by atoms with Gasteiger partial charge in [0.1, 0.15) is 11.5 Å². The zero-order chi connectivity index (χ0) is 26.3. The molecule has 2 unspecified atom stereocenters. The van der Waals surface area contributed by atoms with Gasteiger partial charge in [-0.15, -0.1) is 11.3 Å². The molecule has 0 saturated carbocycles. The maximum absolute atomic E-state index is 14.5. The van der Waals surface area contributed by atoms with Gasteiger partial charge in [0.15, 0.2) is 0 Å². The minimum Gasteiger partial charge on any atom is -0.352 e. The number of rotatable bonds is 5. The predicted octanol–water partition coefficient (Wildman–Crippen LogP) is 5.66. The first kappa shape index (κ1) is 25.9. The quantitative estimate of drug-likeness (QED) is 0.432. The molecule has 13 heteroatoms. The van der Waals surface area contributed by atoms with E-state index in [4.69, 9.17) is 0 Å². The van der Waals surface area contributed by atoms with E-state index in [0.29, 0.717) is 27.8 Å². The zero-order valence-corrected chi connectivity index (χ0v) is 19.9. The second-order valence-corrected chi connectivity index (χ2v) is 9.83. The minimum absolute atomic E-state index is 0.0233. The number of halogens is 6. The summed E-state index contributed by atoms with van der Waals surface area (Å²) in [5.41, 5.74) is -0.525. The third-order valence-corrected chi connectivity index (χ3v) is 6.85. The van der Waals surface area contributed by atoms with Crippen LogP contribution in [-0.4, -0.2) is 50.8 Å². The van der Waals surface area contributed by atoms with Crippen LogP contribution >= 0.6 is 11.3 Å². The van der Waals surface area contributed by atoms with Gasteiger partial charge < -0.3 is 10.2 Å². The van der Waals surface area contributed by atoms with Crippen LogP contribution < -0.4 is 5.32 Å². The maximum Gasteiger partial charge on any atom is 0.419 e. The molecule has 4 rings (SSSR count). The fourth-order valence-electron chi connectivity index (χ4n) is 4.15. The summed E-state index contributed by atoms with van der Waals surface area (Å²) >= 11 is 1.18. The number of nitrogens with zero attached hydrogens (tertiary/aromatic N) is 4. The second kappa shape index (κ2) is 9.68. The van der Waals surface area contributed by atoms with E-state index in [-0.39, 0.29) is 18.2 Å². The Morgan fingerprint density at radius 1 is 1.19 bits per heavy atom. The molecule has 1 aliphatic rings. The number of amides is 1. The largest absolute Gasteiger partial charge is 0.419 e. The molecule has 6 nitrogen and oxygen atoms in total. The van der Waals surface area contributed by atoms with E-state index in [1.165, 1.54) is 35.6 Å². The summed E-state index contributed by atoms with van der Waals surface area (Å²) in [5.74, 6) is -5.11. The number of anilines is 1. The molecule has 2 aromatic heterocycles. The molecule has 2 atom stereocenters. The molecule has 0 radical (unpaired) electrons. The van der Waals surface area contributed by atoms with Crippen molar-refractivity contribution in [2.45, 2.75) is 38.4 Å². The number of aromatic nitrogens is 3. The van der Waals surface area contributed by atoms with Crippen LogP contribution in [0.15, 0.2) is 36.7 Å². The Hall–Kier alpha value is -3.22. The van der Waals surface area contributed by atoms with Crippen LogP contribution in [0.4, 0.5) is 32.3 Å². The molecular formula is C23H21F6N5OS. The van der Waals surface area contributed by atoms with E-state index < -0.39 is 54.3 Å². The third kappa shape index (κ3) is 5.61. The average Bonchev–Trinajstić information content (AvgIpc) is 3.19.